The average molecular weight is 519 g/mol. The van der Waals surface area contributed by atoms with Gasteiger partial charge < -0.3 is 20.1 Å². The molecule has 1 heterocycles. The Morgan fingerprint density at radius 1 is 1.25 bits per heavy atom. The van der Waals surface area contributed by atoms with Crippen molar-refractivity contribution in [3.63, 3.8) is 0 Å². The smallest absolute Gasteiger partial charge is 0.191 e. The van der Waals surface area contributed by atoms with Crippen LogP contribution in [0.15, 0.2) is 29.3 Å². The summed E-state index contributed by atoms with van der Waals surface area (Å²) in [6, 6.07) is 9.03. The van der Waals surface area contributed by atoms with E-state index in [1.807, 2.05) is 18.8 Å². The first-order valence-electron chi connectivity index (χ1n) is 9.91. The molecule has 7 heteroatoms. The second kappa shape index (κ2) is 11.5. The minimum Gasteiger partial charge on any atom is -0.497 e. The van der Waals surface area contributed by atoms with E-state index in [1.54, 1.807) is 7.11 Å². The van der Waals surface area contributed by atoms with Crippen LogP contribution >= 0.6 is 35.7 Å². The Morgan fingerprint density at radius 2 is 1.96 bits per heavy atom. The van der Waals surface area contributed by atoms with E-state index in [-0.39, 0.29) is 29.4 Å². The number of hydrogen-bond acceptors (Lipinski definition) is 4. The van der Waals surface area contributed by atoms with E-state index in [0.29, 0.717) is 6.04 Å². The van der Waals surface area contributed by atoms with Gasteiger partial charge in [-0.25, -0.2) is 0 Å². The zero-order valence-electron chi connectivity index (χ0n) is 17.2. The number of ether oxygens (including phenoxy) is 2. The number of aliphatic imine (C=N–C) groups is 1. The Bertz CT molecular complexity index is 621. The van der Waals surface area contributed by atoms with Crippen molar-refractivity contribution < 1.29 is 9.47 Å². The van der Waals surface area contributed by atoms with Crippen molar-refractivity contribution in [1.82, 2.24) is 10.6 Å². The Balaban J connectivity index is 0.00000280. The fraction of sp³-hybridized carbons (Fsp3) is 0.667. The zero-order chi connectivity index (χ0) is 19.1. The number of methoxy groups -OCH3 is 1. The number of guanidine groups is 1. The first kappa shape index (κ1) is 23.6. The third kappa shape index (κ3) is 5.92. The molecule has 0 aromatic heterocycles. The molecule has 1 aliphatic heterocycles. The van der Waals surface area contributed by atoms with Gasteiger partial charge in [-0.2, -0.15) is 11.8 Å². The summed E-state index contributed by atoms with van der Waals surface area (Å²) in [7, 11) is 3.57. The number of benzene rings is 1. The highest BCUT2D eigenvalue weighted by Crippen LogP contribution is 2.35. The van der Waals surface area contributed by atoms with Gasteiger partial charge in [0.2, 0.25) is 0 Å². The molecule has 5 nitrogen and oxygen atoms in total. The fourth-order valence-electron chi connectivity index (χ4n) is 4.20. The largest absolute Gasteiger partial charge is 0.497 e. The molecule has 158 valence electrons. The van der Waals surface area contributed by atoms with Gasteiger partial charge in [-0.15, -0.1) is 24.0 Å². The molecule has 28 heavy (non-hydrogen) atoms. The molecule has 0 amide bonds. The molecule has 2 unspecified atom stereocenters. The predicted molar refractivity (Wildman–Crippen MR) is 130 cm³/mol. The number of halogens is 1. The molecule has 2 fully saturated rings. The molecule has 1 aromatic carbocycles. The van der Waals surface area contributed by atoms with Gasteiger partial charge in [-0.05, 0) is 56.1 Å². The summed E-state index contributed by atoms with van der Waals surface area (Å²) in [5.74, 6) is 1.82. The highest BCUT2D eigenvalue weighted by molar-refractivity contribution is 14.0. The molecular formula is C21H34IN3O2S. The van der Waals surface area contributed by atoms with Crippen molar-refractivity contribution >= 4 is 41.7 Å². The van der Waals surface area contributed by atoms with Crippen LogP contribution in [0.5, 0.6) is 5.75 Å². The molecule has 0 bridgehead atoms. The number of nitrogens with one attached hydrogen (secondary N) is 2. The summed E-state index contributed by atoms with van der Waals surface area (Å²) >= 11 is 1.98. The molecule has 2 atom stereocenters. The number of nitrogens with zero attached hydrogens (tertiary/aromatic N) is 1. The van der Waals surface area contributed by atoms with Gasteiger partial charge in [0.15, 0.2) is 5.96 Å². The van der Waals surface area contributed by atoms with E-state index in [2.05, 4.69) is 46.1 Å². The first-order chi connectivity index (χ1) is 13.2. The third-order valence-corrected chi connectivity index (χ3v) is 7.12. The lowest BCUT2D eigenvalue weighted by Crippen LogP contribution is -2.49. The highest BCUT2D eigenvalue weighted by atomic mass is 127. The van der Waals surface area contributed by atoms with Crippen molar-refractivity contribution in [1.29, 1.82) is 0 Å². The topological polar surface area (TPSA) is 54.9 Å². The van der Waals surface area contributed by atoms with E-state index >= 15 is 0 Å². The molecule has 0 radical (unpaired) electrons. The van der Waals surface area contributed by atoms with Crippen LogP contribution in [0.4, 0.5) is 0 Å². The van der Waals surface area contributed by atoms with E-state index in [1.165, 1.54) is 24.8 Å². The number of rotatable bonds is 6. The first-order valence-corrected chi connectivity index (χ1v) is 11.2. The maximum atomic E-state index is 5.66. The van der Waals surface area contributed by atoms with Crippen molar-refractivity contribution in [2.75, 3.05) is 40.2 Å². The van der Waals surface area contributed by atoms with Gasteiger partial charge in [0.25, 0.3) is 0 Å². The van der Waals surface area contributed by atoms with Crippen molar-refractivity contribution in [3.8, 4) is 5.75 Å². The quantitative estimate of drug-likeness (QED) is 0.340. The van der Waals surface area contributed by atoms with Crippen molar-refractivity contribution in [2.45, 2.75) is 48.8 Å². The molecule has 2 N–H and O–H groups in total. The van der Waals surface area contributed by atoms with Crippen LogP contribution in [0.1, 0.15) is 37.7 Å². The van der Waals surface area contributed by atoms with E-state index in [0.717, 1.165) is 49.6 Å². The van der Waals surface area contributed by atoms with Gasteiger partial charge in [-0.1, -0.05) is 12.1 Å². The van der Waals surface area contributed by atoms with Crippen LogP contribution in [0.3, 0.4) is 0 Å². The standard InChI is InChI=1S/C21H33N3O2S.HI/c1-22-20(24-17-6-9-19(14-17)27-3)23-15-21(10-12-26-13-11-21)16-4-7-18(25-2)8-5-16;/h4-5,7-8,17,19H,6,9-15H2,1-3H3,(H2,22,23,24);1H. The minimum absolute atomic E-state index is 0. The molecule has 0 spiro atoms. The van der Waals surface area contributed by atoms with Crippen LogP contribution < -0.4 is 15.4 Å². The molecule has 1 aromatic rings. The van der Waals surface area contributed by atoms with Crippen LogP contribution in [0, 0.1) is 0 Å². The average Bonchev–Trinajstić information content (AvgIpc) is 3.19. The minimum atomic E-state index is 0. The van der Waals surface area contributed by atoms with Gasteiger partial charge >= 0.3 is 0 Å². The normalized spacial score (nSPS) is 24.3. The van der Waals surface area contributed by atoms with Crippen molar-refractivity contribution in [2.24, 2.45) is 4.99 Å². The SMILES string of the molecule is CN=C(NCC1(c2ccc(OC)cc2)CCOCC1)NC1CCC(SC)C1.I. The number of hydrogen-bond donors (Lipinski definition) is 2. The molecule has 2 aliphatic rings. The summed E-state index contributed by atoms with van der Waals surface area (Å²) in [6.45, 7) is 2.47. The maximum absolute atomic E-state index is 5.66. The van der Waals surface area contributed by atoms with Crippen molar-refractivity contribution in [3.05, 3.63) is 29.8 Å². The van der Waals surface area contributed by atoms with Crippen LogP contribution in [-0.4, -0.2) is 57.4 Å². The van der Waals surface area contributed by atoms with Crippen LogP contribution in [-0.2, 0) is 10.2 Å². The van der Waals surface area contributed by atoms with Gasteiger partial charge in [0, 0.05) is 43.5 Å². The lowest BCUT2D eigenvalue weighted by molar-refractivity contribution is 0.0513. The van der Waals surface area contributed by atoms with E-state index < -0.39 is 0 Å². The van der Waals surface area contributed by atoms with E-state index in [9.17, 15) is 0 Å². The highest BCUT2D eigenvalue weighted by Gasteiger charge is 2.35. The molecule has 3 rings (SSSR count). The Kier molecular flexibility index (Phi) is 9.69. The third-order valence-electron chi connectivity index (χ3n) is 6.03. The van der Waals surface area contributed by atoms with Gasteiger partial charge in [0.05, 0.1) is 7.11 Å². The Labute approximate surface area is 190 Å². The second-order valence-corrected chi connectivity index (χ2v) is 8.70. The monoisotopic (exact) mass is 519 g/mol. The second-order valence-electron chi connectivity index (χ2n) is 7.56. The summed E-state index contributed by atoms with van der Waals surface area (Å²) in [6.07, 6.45) is 7.98. The van der Waals surface area contributed by atoms with Gasteiger partial charge in [-0.3, -0.25) is 4.99 Å². The lowest BCUT2D eigenvalue weighted by atomic mass is 9.74. The predicted octanol–water partition coefficient (Wildman–Crippen LogP) is 3.81. The summed E-state index contributed by atoms with van der Waals surface area (Å²) < 4.78 is 11.0. The summed E-state index contributed by atoms with van der Waals surface area (Å²) in [5, 5.41) is 8.02. The molecule has 1 saturated carbocycles. The summed E-state index contributed by atoms with van der Waals surface area (Å²) in [5.41, 5.74) is 1.41. The molecule has 1 aliphatic carbocycles. The molecular weight excluding hydrogens is 485 g/mol. The number of thioether (sulfide) groups is 1. The maximum Gasteiger partial charge on any atom is 0.191 e. The Hall–Kier alpha value is -0.670. The van der Waals surface area contributed by atoms with Gasteiger partial charge in [0.1, 0.15) is 5.75 Å². The van der Waals surface area contributed by atoms with Crippen LogP contribution in [0.2, 0.25) is 0 Å². The fourth-order valence-corrected chi connectivity index (χ4v) is 5.00. The van der Waals surface area contributed by atoms with Crippen LogP contribution in [0.25, 0.3) is 0 Å². The Morgan fingerprint density at radius 3 is 2.54 bits per heavy atom. The lowest BCUT2D eigenvalue weighted by Gasteiger charge is -2.38. The van der Waals surface area contributed by atoms with E-state index in [4.69, 9.17) is 9.47 Å². The summed E-state index contributed by atoms with van der Waals surface area (Å²) in [4.78, 5) is 4.48. The zero-order valence-corrected chi connectivity index (χ0v) is 20.3. The molecule has 1 saturated heterocycles.